The van der Waals surface area contributed by atoms with Crippen LogP contribution in [0.2, 0.25) is 0 Å². The van der Waals surface area contributed by atoms with E-state index in [1.165, 1.54) is 0 Å². The molecule has 28 heavy (non-hydrogen) atoms. The molecule has 0 radical (unpaired) electrons. The largest absolute Gasteiger partial charge is 0.490 e. The molecule has 3 N–H and O–H groups in total. The highest BCUT2D eigenvalue weighted by Crippen LogP contribution is 2.14. The topological polar surface area (TPSA) is 95.9 Å². The summed E-state index contributed by atoms with van der Waals surface area (Å²) in [5.41, 5.74) is 2.24. The third kappa shape index (κ3) is 10.2. The maximum Gasteiger partial charge on any atom is 0.490 e. The van der Waals surface area contributed by atoms with Crippen LogP contribution in [0.1, 0.15) is 17.5 Å². The summed E-state index contributed by atoms with van der Waals surface area (Å²) in [6.07, 6.45) is -4.95. The van der Waals surface area contributed by atoms with Gasteiger partial charge in [0.05, 0.1) is 6.42 Å². The third-order valence-electron chi connectivity index (χ3n) is 3.26. The van der Waals surface area contributed by atoms with Gasteiger partial charge in [-0.15, -0.1) is 0 Å². The Morgan fingerprint density at radius 3 is 2.00 bits per heavy atom. The van der Waals surface area contributed by atoms with Crippen LogP contribution in [0.3, 0.4) is 0 Å². The summed E-state index contributed by atoms with van der Waals surface area (Å²) in [5.74, 6) is -2.72. The van der Waals surface area contributed by atoms with E-state index < -0.39 is 18.1 Å². The van der Waals surface area contributed by atoms with Gasteiger partial charge in [0.2, 0.25) is 0 Å². The Morgan fingerprint density at radius 1 is 0.929 bits per heavy atom. The molecule has 9 heteroatoms. The van der Waals surface area contributed by atoms with Crippen LogP contribution in [0.25, 0.3) is 0 Å². The minimum Gasteiger partial charge on any atom is -0.489 e. The lowest BCUT2D eigenvalue weighted by Gasteiger charge is -2.08. The lowest BCUT2D eigenvalue weighted by atomic mass is 10.2. The van der Waals surface area contributed by atoms with Gasteiger partial charge in [-0.05, 0) is 23.3 Å². The number of rotatable bonds is 8. The zero-order valence-electron chi connectivity index (χ0n) is 14.8. The van der Waals surface area contributed by atoms with Gasteiger partial charge in [-0.3, -0.25) is 4.79 Å². The molecule has 2 rings (SSSR count). The maximum absolute atomic E-state index is 10.6. The molecule has 0 bridgehead atoms. The van der Waals surface area contributed by atoms with Gasteiger partial charge in [0.1, 0.15) is 12.4 Å². The van der Waals surface area contributed by atoms with Crippen LogP contribution in [0.15, 0.2) is 54.6 Å². The molecule has 0 spiro atoms. The summed E-state index contributed by atoms with van der Waals surface area (Å²) >= 11 is 0. The van der Waals surface area contributed by atoms with Crippen molar-refractivity contribution in [2.24, 2.45) is 0 Å². The van der Waals surface area contributed by atoms with Gasteiger partial charge in [0, 0.05) is 13.1 Å². The van der Waals surface area contributed by atoms with Crippen LogP contribution in [0.4, 0.5) is 13.2 Å². The van der Waals surface area contributed by atoms with Crippen LogP contribution < -0.4 is 10.1 Å². The number of benzene rings is 2. The Morgan fingerprint density at radius 2 is 1.50 bits per heavy atom. The van der Waals surface area contributed by atoms with Crippen LogP contribution in [0, 0.1) is 0 Å². The van der Waals surface area contributed by atoms with E-state index in [4.69, 9.17) is 19.7 Å². The summed E-state index contributed by atoms with van der Waals surface area (Å²) < 4.78 is 37.4. The number of hydrogen-bond acceptors (Lipinski definition) is 4. The fourth-order valence-corrected chi connectivity index (χ4v) is 1.87. The Kier molecular flexibility index (Phi) is 9.52. The summed E-state index contributed by atoms with van der Waals surface area (Å²) in [5, 5.41) is 18.8. The van der Waals surface area contributed by atoms with Crippen LogP contribution in [-0.2, 0) is 22.7 Å². The lowest BCUT2D eigenvalue weighted by molar-refractivity contribution is -0.192. The molecule has 0 heterocycles. The number of halogens is 3. The zero-order chi connectivity index (χ0) is 21.0. The summed E-state index contributed by atoms with van der Waals surface area (Å²) in [6, 6.07) is 17.8. The molecule has 0 amide bonds. The van der Waals surface area contributed by atoms with E-state index in [1.54, 1.807) is 0 Å². The van der Waals surface area contributed by atoms with Crippen molar-refractivity contribution in [2.75, 3.05) is 6.54 Å². The fourth-order valence-electron chi connectivity index (χ4n) is 1.87. The molecular formula is C19H20F3NO5. The van der Waals surface area contributed by atoms with Crippen molar-refractivity contribution in [2.45, 2.75) is 25.7 Å². The van der Waals surface area contributed by atoms with Gasteiger partial charge in [0.25, 0.3) is 0 Å². The maximum atomic E-state index is 10.6. The smallest absolute Gasteiger partial charge is 0.489 e. The van der Waals surface area contributed by atoms with E-state index in [2.05, 4.69) is 5.32 Å². The second-order valence-electron chi connectivity index (χ2n) is 5.54. The van der Waals surface area contributed by atoms with E-state index >= 15 is 0 Å². The number of alkyl halides is 3. The summed E-state index contributed by atoms with van der Waals surface area (Å²) in [4.78, 5) is 19.3. The van der Waals surface area contributed by atoms with E-state index in [0.29, 0.717) is 19.7 Å². The first-order valence-corrected chi connectivity index (χ1v) is 8.17. The molecule has 0 aliphatic heterocycles. The zero-order valence-corrected chi connectivity index (χ0v) is 14.8. The monoisotopic (exact) mass is 399 g/mol. The predicted octanol–water partition coefficient (Wildman–Crippen LogP) is 3.46. The highest BCUT2D eigenvalue weighted by atomic mass is 19.4. The second-order valence-corrected chi connectivity index (χ2v) is 5.54. The highest BCUT2D eigenvalue weighted by Gasteiger charge is 2.38. The standard InChI is InChI=1S/C17H19NO3.C2HF3O2/c19-17(20)10-11-18-12-14-6-8-16(9-7-14)21-13-15-4-2-1-3-5-15;3-2(4,5)1(6)7/h1-9,18H,10-13H2,(H,19,20);(H,6,7). The highest BCUT2D eigenvalue weighted by molar-refractivity contribution is 5.73. The van der Waals surface area contributed by atoms with Crippen molar-refractivity contribution in [1.82, 2.24) is 5.32 Å². The van der Waals surface area contributed by atoms with Crippen molar-refractivity contribution in [1.29, 1.82) is 0 Å². The Balaban J connectivity index is 0.000000480. The first-order chi connectivity index (χ1) is 13.2. The molecule has 2 aromatic rings. The first kappa shape index (κ1) is 23.0. The molecule has 0 aromatic heterocycles. The summed E-state index contributed by atoms with van der Waals surface area (Å²) in [6.45, 7) is 1.69. The van der Waals surface area contributed by atoms with Crippen molar-refractivity contribution in [3.63, 3.8) is 0 Å². The van der Waals surface area contributed by atoms with Gasteiger partial charge in [-0.2, -0.15) is 13.2 Å². The molecule has 0 unspecified atom stereocenters. The number of carbonyl (C=O) groups is 2. The molecule has 0 saturated carbocycles. The Hall–Kier alpha value is -3.07. The van der Waals surface area contributed by atoms with Gasteiger partial charge in [-0.1, -0.05) is 42.5 Å². The predicted molar refractivity (Wildman–Crippen MR) is 94.9 cm³/mol. The lowest BCUT2D eigenvalue weighted by Crippen LogP contribution is -2.21. The van der Waals surface area contributed by atoms with Gasteiger partial charge < -0.3 is 20.3 Å². The average molecular weight is 399 g/mol. The van der Waals surface area contributed by atoms with Crippen LogP contribution in [0.5, 0.6) is 5.75 Å². The van der Waals surface area contributed by atoms with Crippen molar-refractivity contribution < 1.29 is 37.7 Å². The van der Waals surface area contributed by atoms with Crippen molar-refractivity contribution in [3.05, 3.63) is 65.7 Å². The minimum absolute atomic E-state index is 0.137. The molecule has 0 aliphatic carbocycles. The van der Waals surface area contributed by atoms with Gasteiger partial charge in [0.15, 0.2) is 0 Å². The average Bonchev–Trinajstić information content (AvgIpc) is 2.65. The number of ether oxygens (including phenoxy) is 1. The second kappa shape index (κ2) is 11.6. The van der Waals surface area contributed by atoms with Gasteiger partial charge in [-0.25, -0.2) is 4.79 Å². The van der Waals surface area contributed by atoms with E-state index in [-0.39, 0.29) is 6.42 Å². The molecule has 0 atom stereocenters. The van der Waals surface area contributed by atoms with Crippen molar-refractivity contribution in [3.8, 4) is 5.75 Å². The summed E-state index contributed by atoms with van der Waals surface area (Å²) in [7, 11) is 0. The van der Waals surface area contributed by atoms with Crippen LogP contribution in [-0.4, -0.2) is 34.9 Å². The van der Waals surface area contributed by atoms with E-state index in [9.17, 15) is 18.0 Å². The minimum atomic E-state index is -5.08. The number of hydrogen-bond donors (Lipinski definition) is 3. The molecule has 2 aromatic carbocycles. The SMILES string of the molecule is O=C(O)C(F)(F)F.O=C(O)CCNCc1ccc(OCc2ccccc2)cc1. The normalized spacial score (nSPS) is 10.5. The number of aliphatic carboxylic acids is 2. The van der Waals surface area contributed by atoms with E-state index in [0.717, 1.165) is 16.9 Å². The Bertz CT molecular complexity index is 733. The Labute approximate surface area is 159 Å². The number of carboxylic acid groups (broad SMARTS) is 2. The number of carboxylic acids is 2. The molecular weight excluding hydrogens is 379 g/mol. The van der Waals surface area contributed by atoms with E-state index in [1.807, 2.05) is 54.6 Å². The van der Waals surface area contributed by atoms with Crippen molar-refractivity contribution >= 4 is 11.9 Å². The molecule has 152 valence electrons. The quantitative estimate of drug-likeness (QED) is 0.589. The molecule has 0 aliphatic rings. The van der Waals surface area contributed by atoms with Crippen LogP contribution >= 0.6 is 0 Å². The third-order valence-corrected chi connectivity index (χ3v) is 3.26. The fraction of sp³-hybridized carbons (Fsp3) is 0.263. The molecule has 0 fully saturated rings. The number of nitrogens with one attached hydrogen (secondary N) is 1. The molecule has 0 saturated heterocycles. The molecule has 6 nitrogen and oxygen atoms in total. The first-order valence-electron chi connectivity index (χ1n) is 8.17. The van der Waals surface area contributed by atoms with Gasteiger partial charge >= 0.3 is 18.1 Å².